The number of hydrogen-bond acceptors (Lipinski definition) is 2. The van der Waals surface area contributed by atoms with Gasteiger partial charge in [0.05, 0.1) is 14.9 Å². The van der Waals surface area contributed by atoms with Crippen LogP contribution in [0.3, 0.4) is 0 Å². The molecule has 5 heteroatoms. The van der Waals surface area contributed by atoms with Gasteiger partial charge in [-0.15, -0.1) is 0 Å². The van der Waals surface area contributed by atoms with Gasteiger partial charge in [-0.05, 0) is 17.0 Å². The summed E-state index contributed by atoms with van der Waals surface area (Å²) in [5, 5.41) is 0.425. The first-order valence-corrected chi connectivity index (χ1v) is 7.38. The van der Waals surface area contributed by atoms with E-state index in [1.54, 1.807) is 6.07 Å². The van der Waals surface area contributed by atoms with Gasteiger partial charge < -0.3 is 0 Å². The van der Waals surface area contributed by atoms with Crippen LogP contribution in [0.2, 0.25) is 10.0 Å². The largest absolute Gasteiger partial charge is 0.224 e. The van der Waals surface area contributed by atoms with Crippen molar-refractivity contribution in [2.24, 2.45) is 0 Å². The van der Waals surface area contributed by atoms with Crippen molar-refractivity contribution in [1.82, 2.24) is 0 Å². The molecule has 1 rings (SSSR count). The van der Waals surface area contributed by atoms with Crippen molar-refractivity contribution in [3.8, 4) is 0 Å². The van der Waals surface area contributed by atoms with Gasteiger partial charge in [0, 0.05) is 6.26 Å². The lowest BCUT2D eigenvalue weighted by Gasteiger charge is -2.21. The molecule has 0 aliphatic carbocycles. The van der Waals surface area contributed by atoms with E-state index in [4.69, 9.17) is 23.2 Å². The number of halogens is 2. The normalized spacial score (nSPS) is 12.9. The zero-order valence-electron chi connectivity index (χ0n) is 9.64. The Labute approximate surface area is 106 Å². The summed E-state index contributed by atoms with van der Waals surface area (Å²) in [6, 6.07) is 3.22. The lowest BCUT2D eigenvalue weighted by molar-refractivity contribution is 0.587. The maximum absolute atomic E-state index is 11.4. The molecule has 1 aromatic rings. The maximum atomic E-state index is 11.4. The Morgan fingerprint density at radius 2 is 1.56 bits per heavy atom. The zero-order chi connectivity index (χ0) is 12.7. The molecule has 0 bridgehead atoms. The highest BCUT2D eigenvalue weighted by Crippen LogP contribution is 2.37. The molecule has 0 fully saturated rings. The zero-order valence-corrected chi connectivity index (χ0v) is 12.0. The van der Waals surface area contributed by atoms with Gasteiger partial charge in [-0.25, -0.2) is 8.42 Å². The molecular weight excluding hydrogens is 267 g/mol. The van der Waals surface area contributed by atoms with E-state index in [2.05, 4.69) is 0 Å². The summed E-state index contributed by atoms with van der Waals surface area (Å²) >= 11 is 12.1. The molecule has 0 aliphatic rings. The number of hydrogen-bond donors (Lipinski definition) is 0. The van der Waals surface area contributed by atoms with Crippen molar-refractivity contribution in [2.75, 3.05) is 6.26 Å². The third-order valence-corrected chi connectivity index (χ3v) is 4.39. The van der Waals surface area contributed by atoms with E-state index >= 15 is 0 Å². The topological polar surface area (TPSA) is 34.1 Å². The summed E-state index contributed by atoms with van der Waals surface area (Å²) < 4.78 is 22.8. The quantitative estimate of drug-likeness (QED) is 0.786. The molecule has 0 radical (unpaired) electrons. The molecule has 0 heterocycles. The average molecular weight is 281 g/mol. The molecule has 0 unspecified atom stereocenters. The van der Waals surface area contributed by atoms with E-state index in [1.165, 1.54) is 6.07 Å². The van der Waals surface area contributed by atoms with Crippen LogP contribution >= 0.6 is 23.2 Å². The number of rotatable bonds is 1. The van der Waals surface area contributed by atoms with Crippen LogP contribution in [0.15, 0.2) is 17.0 Å². The second kappa shape index (κ2) is 4.21. The molecule has 16 heavy (non-hydrogen) atoms. The summed E-state index contributed by atoms with van der Waals surface area (Å²) in [5.74, 6) is 0. The monoisotopic (exact) mass is 280 g/mol. The van der Waals surface area contributed by atoms with Gasteiger partial charge in [0.1, 0.15) is 0 Å². The van der Waals surface area contributed by atoms with Gasteiger partial charge in [0.15, 0.2) is 9.84 Å². The van der Waals surface area contributed by atoms with Crippen molar-refractivity contribution in [2.45, 2.75) is 31.1 Å². The SMILES string of the molecule is CC(C)(C)c1ccc(S(C)(=O)=O)c(Cl)c1Cl. The molecule has 0 aliphatic heterocycles. The van der Waals surface area contributed by atoms with E-state index in [9.17, 15) is 8.42 Å². The summed E-state index contributed by atoms with van der Waals surface area (Å²) in [4.78, 5) is 0.0761. The van der Waals surface area contributed by atoms with Crippen LogP contribution in [0.25, 0.3) is 0 Å². The molecule has 1 aromatic carbocycles. The highest BCUT2D eigenvalue weighted by atomic mass is 35.5. The average Bonchev–Trinajstić information content (AvgIpc) is 2.05. The lowest BCUT2D eigenvalue weighted by Crippen LogP contribution is -2.13. The predicted molar refractivity (Wildman–Crippen MR) is 68.3 cm³/mol. The fourth-order valence-electron chi connectivity index (χ4n) is 1.40. The highest BCUT2D eigenvalue weighted by molar-refractivity contribution is 7.90. The Bertz CT molecular complexity index is 514. The summed E-state index contributed by atoms with van der Waals surface area (Å²) in [5.41, 5.74) is 0.670. The summed E-state index contributed by atoms with van der Waals surface area (Å²) in [6.45, 7) is 5.97. The first kappa shape index (κ1) is 13.8. The molecule has 0 amide bonds. The summed E-state index contributed by atoms with van der Waals surface area (Å²) in [6.07, 6.45) is 1.11. The Morgan fingerprint density at radius 1 is 1.06 bits per heavy atom. The molecule has 0 N–H and O–H groups in total. The van der Waals surface area contributed by atoms with Crippen LogP contribution in [0.1, 0.15) is 26.3 Å². The van der Waals surface area contributed by atoms with Gasteiger partial charge in [0.25, 0.3) is 0 Å². The Kier molecular flexibility index (Phi) is 3.63. The van der Waals surface area contributed by atoms with Crippen LogP contribution in [-0.4, -0.2) is 14.7 Å². The summed E-state index contributed by atoms with van der Waals surface area (Å²) in [7, 11) is -3.33. The van der Waals surface area contributed by atoms with Crippen LogP contribution < -0.4 is 0 Å². The van der Waals surface area contributed by atoms with Crippen molar-refractivity contribution in [1.29, 1.82) is 0 Å². The molecule has 0 atom stereocenters. The smallest absolute Gasteiger partial charge is 0.177 e. The van der Waals surface area contributed by atoms with Crippen LogP contribution in [0.4, 0.5) is 0 Å². The number of sulfone groups is 1. The number of benzene rings is 1. The highest BCUT2D eigenvalue weighted by Gasteiger charge is 2.23. The van der Waals surface area contributed by atoms with Gasteiger partial charge in [-0.2, -0.15) is 0 Å². The van der Waals surface area contributed by atoms with E-state index in [0.717, 1.165) is 11.8 Å². The van der Waals surface area contributed by atoms with Gasteiger partial charge in [-0.1, -0.05) is 50.0 Å². The standard InChI is InChI=1S/C11H14Cl2O2S/c1-11(2,3)7-5-6-8(16(4,14)15)10(13)9(7)12/h5-6H,1-4H3. The molecule has 0 aromatic heterocycles. The first-order chi connectivity index (χ1) is 7.05. The van der Waals surface area contributed by atoms with Crippen molar-refractivity contribution in [3.05, 3.63) is 27.7 Å². The molecule has 2 nitrogen and oxygen atoms in total. The minimum atomic E-state index is -3.33. The van der Waals surface area contributed by atoms with Crippen LogP contribution in [0.5, 0.6) is 0 Å². The van der Waals surface area contributed by atoms with Crippen molar-refractivity contribution < 1.29 is 8.42 Å². The Morgan fingerprint density at radius 3 is 1.94 bits per heavy atom. The van der Waals surface area contributed by atoms with Crippen LogP contribution in [0, 0.1) is 0 Å². The third-order valence-electron chi connectivity index (χ3n) is 2.25. The van der Waals surface area contributed by atoms with E-state index < -0.39 is 9.84 Å². The Balaban J connectivity index is 3.54. The molecule has 0 saturated carbocycles. The second-order valence-electron chi connectivity index (χ2n) is 4.76. The van der Waals surface area contributed by atoms with E-state index in [-0.39, 0.29) is 15.3 Å². The van der Waals surface area contributed by atoms with Gasteiger partial charge >= 0.3 is 0 Å². The molecule has 90 valence electrons. The lowest BCUT2D eigenvalue weighted by atomic mass is 9.87. The predicted octanol–water partition coefficient (Wildman–Crippen LogP) is 3.69. The van der Waals surface area contributed by atoms with E-state index in [0.29, 0.717) is 5.02 Å². The van der Waals surface area contributed by atoms with Crippen LogP contribution in [-0.2, 0) is 15.3 Å². The minimum Gasteiger partial charge on any atom is -0.224 e. The minimum absolute atomic E-state index is 0.0761. The van der Waals surface area contributed by atoms with Gasteiger partial charge in [-0.3, -0.25) is 0 Å². The molecule has 0 saturated heterocycles. The van der Waals surface area contributed by atoms with Crippen molar-refractivity contribution in [3.63, 3.8) is 0 Å². The fraction of sp³-hybridized carbons (Fsp3) is 0.455. The Hall–Kier alpha value is -0.250. The van der Waals surface area contributed by atoms with Gasteiger partial charge in [0.2, 0.25) is 0 Å². The second-order valence-corrected chi connectivity index (χ2v) is 7.50. The molecular formula is C11H14Cl2O2S. The third kappa shape index (κ3) is 2.70. The fourth-order valence-corrected chi connectivity index (χ4v) is 3.23. The van der Waals surface area contributed by atoms with E-state index in [1.807, 2.05) is 20.8 Å². The first-order valence-electron chi connectivity index (χ1n) is 4.73. The van der Waals surface area contributed by atoms with Crippen molar-refractivity contribution >= 4 is 33.0 Å². The maximum Gasteiger partial charge on any atom is 0.177 e. The molecule has 0 spiro atoms.